The fourth-order valence-electron chi connectivity index (χ4n) is 1.07. The number of aromatic nitrogens is 3. The lowest BCUT2D eigenvalue weighted by Crippen LogP contribution is -2.01. The molecule has 0 bridgehead atoms. The number of nitrogen functional groups attached to an aromatic ring is 1. The van der Waals surface area contributed by atoms with Gasteiger partial charge in [0.25, 0.3) is 0 Å². The topological polar surface area (TPSA) is 56.2 Å². The summed E-state index contributed by atoms with van der Waals surface area (Å²) in [5.74, 6) is 1.22. The molecule has 0 unspecified atom stereocenters. The van der Waals surface area contributed by atoms with E-state index in [0.717, 1.165) is 5.52 Å². The second-order valence-electron chi connectivity index (χ2n) is 2.38. The Hall–Kier alpha value is -1.58. The van der Waals surface area contributed by atoms with E-state index < -0.39 is 0 Å². The number of hydrogen-bond donors (Lipinski definition) is 1. The first-order valence-electron chi connectivity index (χ1n) is 3.35. The van der Waals surface area contributed by atoms with Crippen LogP contribution in [0.2, 0.25) is 0 Å². The first-order valence-corrected chi connectivity index (χ1v) is 3.35. The van der Waals surface area contributed by atoms with Gasteiger partial charge in [-0.3, -0.25) is 0 Å². The van der Waals surface area contributed by atoms with Crippen molar-refractivity contribution in [3.63, 3.8) is 0 Å². The van der Waals surface area contributed by atoms with Crippen LogP contribution in [0.25, 0.3) is 5.52 Å². The molecule has 0 aromatic carbocycles. The highest BCUT2D eigenvalue weighted by atomic mass is 15.3. The highest BCUT2D eigenvalue weighted by Gasteiger charge is 1.99. The molecule has 0 amide bonds. The molecule has 4 heteroatoms. The van der Waals surface area contributed by atoms with Gasteiger partial charge < -0.3 is 5.73 Å². The molecule has 0 aliphatic heterocycles. The Morgan fingerprint density at radius 2 is 2.36 bits per heavy atom. The Morgan fingerprint density at radius 1 is 1.55 bits per heavy atom. The summed E-state index contributed by atoms with van der Waals surface area (Å²) in [5, 5.41) is 4.12. The summed E-state index contributed by atoms with van der Waals surface area (Å²) in [4.78, 5) is 4.02. The minimum absolute atomic E-state index is 0.530. The van der Waals surface area contributed by atoms with Gasteiger partial charge in [-0.2, -0.15) is 5.10 Å². The second kappa shape index (κ2) is 1.95. The Bertz CT molecular complexity index is 390. The van der Waals surface area contributed by atoms with Gasteiger partial charge in [0.1, 0.15) is 11.3 Å². The summed E-state index contributed by atoms with van der Waals surface area (Å²) in [6.45, 7) is 1.82. The monoisotopic (exact) mass is 148 g/mol. The van der Waals surface area contributed by atoms with Gasteiger partial charge in [-0.1, -0.05) is 0 Å². The summed E-state index contributed by atoms with van der Waals surface area (Å²) in [6.07, 6.45) is 1.85. The van der Waals surface area contributed by atoms with Crippen LogP contribution in [0.15, 0.2) is 18.3 Å². The Kier molecular flexibility index (Phi) is 1.09. The van der Waals surface area contributed by atoms with E-state index in [1.807, 2.05) is 25.3 Å². The lowest BCUT2D eigenvalue weighted by Gasteiger charge is -1.98. The Labute approximate surface area is 63.7 Å². The largest absolute Gasteiger partial charge is 0.382 e. The van der Waals surface area contributed by atoms with E-state index >= 15 is 0 Å². The summed E-state index contributed by atoms with van der Waals surface area (Å²) >= 11 is 0. The lowest BCUT2D eigenvalue weighted by atomic mass is 10.5. The molecule has 0 atom stereocenters. The van der Waals surface area contributed by atoms with E-state index in [1.165, 1.54) is 0 Å². The zero-order chi connectivity index (χ0) is 7.84. The number of anilines is 1. The molecule has 0 saturated carbocycles. The van der Waals surface area contributed by atoms with Gasteiger partial charge in [-0.05, 0) is 19.1 Å². The first-order chi connectivity index (χ1) is 5.27. The van der Waals surface area contributed by atoms with Gasteiger partial charge in [-0.25, -0.2) is 9.50 Å². The van der Waals surface area contributed by atoms with Crippen molar-refractivity contribution >= 4 is 11.3 Å². The van der Waals surface area contributed by atoms with E-state index in [-0.39, 0.29) is 0 Å². The van der Waals surface area contributed by atoms with E-state index in [9.17, 15) is 0 Å². The molecule has 2 aromatic heterocycles. The quantitative estimate of drug-likeness (QED) is 0.595. The first kappa shape index (κ1) is 6.15. The summed E-state index contributed by atoms with van der Waals surface area (Å²) < 4.78 is 1.72. The van der Waals surface area contributed by atoms with Crippen molar-refractivity contribution in [3.8, 4) is 0 Å². The summed E-state index contributed by atoms with van der Waals surface area (Å²) in [7, 11) is 0. The number of aryl methyl sites for hydroxylation is 1. The fraction of sp³-hybridized carbons (Fsp3) is 0.143. The van der Waals surface area contributed by atoms with Crippen molar-refractivity contribution in [3.05, 3.63) is 24.2 Å². The molecule has 11 heavy (non-hydrogen) atoms. The second-order valence-corrected chi connectivity index (χ2v) is 2.38. The van der Waals surface area contributed by atoms with E-state index in [0.29, 0.717) is 11.6 Å². The van der Waals surface area contributed by atoms with Crippen molar-refractivity contribution in [2.75, 3.05) is 5.73 Å². The molecule has 4 nitrogen and oxygen atoms in total. The van der Waals surface area contributed by atoms with Crippen LogP contribution in [0.5, 0.6) is 0 Å². The third-order valence-corrected chi connectivity index (χ3v) is 1.53. The molecule has 2 rings (SSSR count). The highest BCUT2D eigenvalue weighted by Crippen LogP contribution is 2.08. The average molecular weight is 148 g/mol. The van der Waals surface area contributed by atoms with Gasteiger partial charge in [0.05, 0.1) is 0 Å². The molecular formula is C7H8N4. The van der Waals surface area contributed by atoms with Gasteiger partial charge in [0.15, 0.2) is 5.82 Å². The number of hydrogen-bond acceptors (Lipinski definition) is 3. The minimum atomic E-state index is 0.530. The van der Waals surface area contributed by atoms with E-state index in [4.69, 9.17) is 5.73 Å². The molecule has 0 spiro atoms. The van der Waals surface area contributed by atoms with Crippen LogP contribution in [0.1, 0.15) is 5.82 Å². The maximum atomic E-state index is 5.63. The van der Waals surface area contributed by atoms with E-state index in [1.54, 1.807) is 4.52 Å². The molecular weight excluding hydrogens is 140 g/mol. The van der Waals surface area contributed by atoms with Crippen molar-refractivity contribution in [2.24, 2.45) is 0 Å². The molecule has 0 radical (unpaired) electrons. The zero-order valence-electron chi connectivity index (χ0n) is 6.15. The molecule has 0 aliphatic rings. The van der Waals surface area contributed by atoms with Crippen LogP contribution in [0, 0.1) is 6.92 Å². The van der Waals surface area contributed by atoms with Crippen LogP contribution in [0.4, 0.5) is 5.82 Å². The van der Waals surface area contributed by atoms with Crippen LogP contribution in [-0.4, -0.2) is 14.6 Å². The van der Waals surface area contributed by atoms with Gasteiger partial charge in [-0.15, -0.1) is 0 Å². The maximum Gasteiger partial charge on any atom is 0.151 e. The maximum absolute atomic E-state index is 5.63. The predicted octanol–water partition coefficient (Wildman–Crippen LogP) is 0.620. The SMILES string of the molecule is Cc1nc(N)c2cccn2n1. The smallest absolute Gasteiger partial charge is 0.151 e. The molecule has 56 valence electrons. The zero-order valence-corrected chi connectivity index (χ0v) is 6.15. The van der Waals surface area contributed by atoms with Crippen LogP contribution in [-0.2, 0) is 0 Å². The van der Waals surface area contributed by atoms with Gasteiger partial charge in [0.2, 0.25) is 0 Å². The minimum Gasteiger partial charge on any atom is -0.382 e. The molecule has 0 fully saturated rings. The van der Waals surface area contributed by atoms with Crippen LogP contribution < -0.4 is 5.73 Å². The van der Waals surface area contributed by atoms with Crippen LogP contribution in [0.3, 0.4) is 0 Å². The van der Waals surface area contributed by atoms with Crippen molar-refractivity contribution in [2.45, 2.75) is 6.92 Å². The fourth-order valence-corrected chi connectivity index (χ4v) is 1.07. The van der Waals surface area contributed by atoms with Gasteiger partial charge in [0, 0.05) is 6.20 Å². The number of rotatable bonds is 0. The number of fused-ring (bicyclic) bond motifs is 1. The van der Waals surface area contributed by atoms with Gasteiger partial charge >= 0.3 is 0 Å². The lowest BCUT2D eigenvalue weighted by molar-refractivity contribution is 0.861. The highest BCUT2D eigenvalue weighted by molar-refractivity contribution is 5.64. The van der Waals surface area contributed by atoms with E-state index in [2.05, 4.69) is 10.1 Å². The molecule has 2 N–H and O–H groups in total. The molecule has 0 saturated heterocycles. The normalized spacial score (nSPS) is 10.6. The van der Waals surface area contributed by atoms with Crippen molar-refractivity contribution in [1.82, 2.24) is 14.6 Å². The summed E-state index contributed by atoms with van der Waals surface area (Å²) in [5.41, 5.74) is 6.49. The van der Waals surface area contributed by atoms with Crippen molar-refractivity contribution in [1.29, 1.82) is 0 Å². The molecule has 2 aromatic rings. The predicted molar refractivity (Wildman–Crippen MR) is 42.1 cm³/mol. The number of nitrogens with zero attached hydrogens (tertiary/aromatic N) is 3. The van der Waals surface area contributed by atoms with Crippen LogP contribution >= 0.6 is 0 Å². The molecule has 0 aliphatic carbocycles. The van der Waals surface area contributed by atoms with Crippen molar-refractivity contribution < 1.29 is 0 Å². The third-order valence-electron chi connectivity index (χ3n) is 1.53. The standard InChI is InChI=1S/C7H8N4/c1-5-9-7(8)6-3-2-4-11(6)10-5/h2-4H,1H3,(H2,8,9,10). The average Bonchev–Trinajstić information content (AvgIpc) is 2.34. The summed E-state index contributed by atoms with van der Waals surface area (Å²) in [6, 6.07) is 3.77. The third kappa shape index (κ3) is 0.832. The molecule has 2 heterocycles. The number of nitrogens with two attached hydrogens (primary N) is 1. The Morgan fingerprint density at radius 3 is 3.18 bits per heavy atom. The Balaban J connectivity index is 2.91.